The van der Waals surface area contributed by atoms with Crippen molar-refractivity contribution in [3.63, 3.8) is 0 Å². The Labute approximate surface area is 301 Å². The second-order valence-electron chi connectivity index (χ2n) is 13.4. The molecule has 6 rings (SSSR count). The summed E-state index contributed by atoms with van der Waals surface area (Å²) in [5.41, 5.74) is 7.32. The van der Waals surface area contributed by atoms with Gasteiger partial charge in [-0.15, -0.1) is 0 Å². The number of methoxy groups -OCH3 is 1. The van der Waals surface area contributed by atoms with E-state index in [0.29, 0.717) is 87.2 Å². The van der Waals surface area contributed by atoms with Crippen molar-refractivity contribution in [1.29, 1.82) is 0 Å². The van der Waals surface area contributed by atoms with Crippen molar-refractivity contribution >= 4 is 41.4 Å². The van der Waals surface area contributed by atoms with Crippen LogP contribution in [-0.2, 0) is 16.0 Å². The Morgan fingerprint density at radius 2 is 1.69 bits per heavy atom. The van der Waals surface area contributed by atoms with Crippen LogP contribution in [0.2, 0.25) is 0 Å². The molecular formula is C36H43N9O7. The first-order valence-corrected chi connectivity index (χ1v) is 17.1. The van der Waals surface area contributed by atoms with Gasteiger partial charge in [-0.2, -0.15) is 0 Å². The molecule has 0 atom stereocenters. The molecule has 0 radical (unpaired) electrons. The van der Waals surface area contributed by atoms with Crippen LogP contribution in [-0.4, -0.2) is 120 Å². The van der Waals surface area contributed by atoms with E-state index in [4.69, 9.17) is 34.7 Å². The van der Waals surface area contributed by atoms with Gasteiger partial charge in [0.15, 0.2) is 11.5 Å². The van der Waals surface area contributed by atoms with Crippen molar-refractivity contribution in [2.24, 2.45) is 9.98 Å². The minimum absolute atomic E-state index is 0.0728. The topological polar surface area (TPSA) is 186 Å². The van der Waals surface area contributed by atoms with Gasteiger partial charge >= 0.3 is 12.1 Å². The van der Waals surface area contributed by atoms with Crippen LogP contribution in [0.1, 0.15) is 48.7 Å². The number of hydrogen-bond acceptors (Lipinski definition) is 14. The average molecular weight is 714 g/mol. The summed E-state index contributed by atoms with van der Waals surface area (Å²) in [7, 11) is 1.55. The number of nitrogens with two attached hydrogens (primary N) is 1. The number of ether oxygens (including phenoxy) is 4. The van der Waals surface area contributed by atoms with E-state index in [1.54, 1.807) is 36.3 Å². The molecule has 4 heterocycles. The lowest BCUT2D eigenvalue weighted by Gasteiger charge is -2.35. The summed E-state index contributed by atoms with van der Waals surface area (Å²) in [6, 6.07) is 10.6. The highest BCUT2D eigenvalue weighted by molar-refractivity contribution is 6.19. The molecule has 3 N–H and O–H groups in total. The molecule has 52 heavy (non-hydrogen) atoms. The van der Waals surface area contributed by atoms with E-state index in [2.05, 4.69) is 20.2 Å². The molecule has 1 fully saturated rings. The van der Waals surface area contributed by atoms with Gasteiger partial charge in [0.2, 0.25) is 11.9 Å². The molecule has 2 aromatic carbocycles. The maximum absolute atomic E-state index is 13.1. The third kappa shape index (κ3) is 8.74. The van der Waals surface area contributed by atoms with Gasteiger partial charge in [0.25, 0.3) is 5.91 Å². The van der Waals surface area contributed by atoms with Crippen LogP contribution in [0.25, 0.3) is 0 Å². The van der Waals surface area contributed by atoms with Gasteiger partial charge in [-0.05, 0) is 57.0 Å². The number of aromatic nitrogens is 2. The number of carbonyl (C=O) groups excluding carboxylic acids is 3. The summed E-state index contributed by atoms with van der Waals surface area (Å²) >= 11 is 0. The minimum atomic E-state index is -0.549. The lowest BCUT2D eigenvalue weighted by molar-refractivity contribution is -0.153. The summed E-state index contributed by atoms with van der Waals surface area (Å²) in [5, 5.41) is 2.87. The van der Waals surface area contributed by atoms with E-state index in [0.717, 1.165) is 17.5 Å². The number of piperazine rings is 1. The van der Waals surface area contributed by atoms with Crippen LogP contribution in [0.15, 0.2) is 58.8 Å². The predicted molar refractivity (Wildman–Crippen MR) is 192 cm³/mol. The Kier molecular flexibility index (Phi) is 10.8. The number of rotatable bonds is 9. The first-order valence-electron chi connectivity index (χ1n) is 17.1. The molecule has 0 saturated carbocycles. The first-order chi connectivity index (χ1) is 25.0. The number of hydrogen-bond donors (Lipinski definition) is 2. The molecule has 16 heteroatoms. The Morgan fingerprint density at radius 3 is 2.38 bits per heavy atom. The predicted octanol–water partition coefficient (Wildman–Crippen LogP) is 3.03. The fourth-order valence-electron chi connectivity index (χ4n) is 5.91. The molecule has 3 aliphatic heterocycles. The van der Waals surface area contributed by atoms with Crippen molar-refractivity contribution in [2.45, 2.75) is 39.2 Å². The molecule has 16 nitrogen and oxygen atoms in total. The molecule has 3 aromatic rings. The normalized spacial score (nSPS) is 15.8. The Morgan fingerprint density at radius 1 is 0.962 bits per heavy atom. The second-order valence-corrected chi connectivity index (χ2v) is 13.4. The van der Waals surface area contributed by atoms with Gasteiger partial charge in [0, 0.05) is 63.8 Å². The fraction of sp³-hybridized carbons (Fsp3) is 0.417. The van der Waals surface area contributed by atoms with Crippen LogP contribution in [0, 0.1) is 0 Å². The molecule has 2 amide bonds. The van der Waals surface area contributed by atoms with Crippen LogP contribution in [0.3, 0.4) is 0 Å². The maximum Gasteiger partial charge on any atom is 0.415 e. The van der Waals surface area contributed by atoms with Gasteiger partial charge < -0.3 is 29.6 Å². The van der Waals surface area contributed by atoms with E-state index < -0.39 is 17.6 Å². The summed E-state index contributed by atoms with van der Waals surface area (Å²) in [6.07, 6.45) is 3.24. The van der Waals surface area contributed by atoms with Gasteiger partial charge in [-0.25, -0.2) is 19.8 Å². The van der Waals surface area contributed by atoms with Gasteiger partial charge in [0.1, 0.15) is 29.5 Å². The zero-order valence-corrected chi connectivity index (χ0v) is 29.8. The number of carbonyl (C=O) groups is 3. The largest absolute Gasteiger partial charge is 0.491 e. The van der Waals surface area contributed by atoms with Crippen molar-refractivity contribution in [3.05, 3.63) is 65.5 Å². The first kappa shape index (κ1) is 36.0. The van der Waals surface area contributed by atoms with E-state index >= 15 is 0 Å². The van der Waals surface area contributed by atoms with E-state index in [1.165, 1.54) is 12.4 Å². The number of amides is 2. The van der Waals surface area contributed by atoms with E-state index in [-0.39, 0.29) is 23.9 Å². The van der Waals surface area contributed by atoms with Crippen LogP contribution in [0.4, 0.5) is 16.4 Å². The van der Waals surface area contributed by atoms with Crippen LogP contribution < -0.4 is 25.3 Å². The number of aliphatic imine (C=N–C) groups is 2. The van der Waals surface area contributed by atoms with Gasteiger partial charge in [-0.3, -0.25) is 29.7 Å². The number of nitrogens with one attached hydrogen (secondary N) is 1. The number of fused-ring (bicyclic) bond motifs is 3. The van der Waals surface area contributed by atoms with E-state index in [1.807, 2.05) is 37.8 Å². The van der Waals surface area contributed by atoms with Gasteiger partial charge in [0.05, 0.1) is 19.1 Å². The third-order valence-electron chi connectivity index (χ3n) is 8.42. The standard InChI is InChI=1S/C36H43N9O7/c1-36(2,3)52-28(46)20-23-6-8-25(9-7-23)51-35(48)44-16-14-43(15-17-44)18-19-50-27-11-10-26-29(30(27)49-4)41-34(45-13-5-12-38-31(26)45)42-32(47)24-21-39-33(37)40-22-24/h6-11,21-22H,5,12-20H2,1-4H3,(H2,37,39,40)(H,41,42,47). The quantitative estimate of drug-likeness (QED) is 0.309. The molecule has 1 saturated heterocycles. The molecule has 0 bridgehead atoms. The molecule has 0 aliphatic carbocycles. The van der Waals surface area contributed by atoms with Crippen molar-refractivity contribution < 1.29 is 33.3 Å². The zero-order chi connectivity index (χ0) is 36.8. The fourth-order valence-corrected chi connectivity index (χ4v) is 5.91. The lowest BCUT2D eigenvalue weighted by Crippen LogP contribution is -2.51. The molecule has 1 aromatic heterocycles. The highest BCUT2D eigenvalue weighted by Crippen LogP contribution is 2.43. The number of amidine groups is 1. The van der Waals surface area contributed by atoms with Crippen molar-refractivity contribution in [2.75, 3.05) is 65.3 Å². The molecule has 3 aliphatic rings. The molecular weight excluding hydrogens is 670 g/mol. The van der Waals surface area contributed by atoms with Gasteiger partial charge in [-0.1, -0.05) is 12.1 Å². The number of esters is 1. The van der Waals surface area contributed by atoms with Crippen molar-refractivity contribution in [1.82, 2.24) is 30.0 Å². The SMILES string of the molecule is COc1c(OCCN2CCN(C(=O)Oc3ccc(CC(=O)OC(C)(C)C)cc3)CC2)ccc2c1N=C(NC(=O)c1cnc(N)nc1)N1CCCN=C21. The summed E-state index contributed by atoms with van der Waals surface area (Å²) in [6.45, 7) is 10.0. The van der Waals surface area contributed by atoms with Crippen LogP contribution in [0.5, 0.6) is 17.2 Å². The summed E-state index contributed by atoms with van der Waals surface area (Å²) < 4.78 is 23.0. The molecule has 0 spiro atoms. The second kappa shape index (κ2) is 15.6. The maximum atomic E-state index is 13.1. The highest BCUT2D eigenvalue weighted by atomic mass is 16.6. The number of nitrogens with zero attached hydrogens (tertiary/aromatic N) is 7. The Balaban J connectivity index is 1.02. The Hall–Kier alpha value is -5.77. The van der Waals surface area contributed by atoms with Crippen molar-refractivity contribution in [3.8, 4) is 17.2 Å². The lowest BCUT2D eigenvalue weighted by atomic mass is 10.1. The Bertz CT molecular complexity index is 1850. The number of guanidine groups is 1. The number of benzene rings is 2. The smallest absolute Gasteiger partial charge is 0.415 e. The minimum Gasteiger partial charge on any atom is -0.491 e. The van der Waals surface area contributed by atoms with Crippen LogP contribution >= 0.6 is 0 Å². The number of anilines is 1. The highest BCUT2D eigenvalue weighted by Gasteiger charge is 2.33. The number of nitrogen functional groups attached to an aromatic ring is 1. The summed E-state index contributed by atoms with van der Waals surface area (Å²) in [4.78, 5) is 61.1. The van der Waals surface area contributed by atoms with E-state index in [9.17, 15) is 14.4 Å². The molecule has 0 unspecified atom stereocenters. The third-order valence-corrected chi connectivity index (χ3v) is 8.42. The molecule has 274 valence electrons. The summed E-state index contributed by atoms with van der Waals surface area (Å²) in [5.74, 6) is 1.68. The average Bonchev–Trinajstić information content (AvgIpc) is 3.12. The zero-order valence-electron chi connectivity index (χ0n) is 29.8. The monoisotopic (exact) mass is 713 g/mol.